The lowest BCUT2D eigenvalue weighted by atomic mass is 10.1. The minimum Gasteiger partial charge on any atom is -0.390 e. The fourth-order valence-electron chi connectivity index (χ4n) is 2.23. The number of hydrogen-bond donors (Lipinski definition) is 2. The molecule has 5 nitrogen and oxygen atoms in total. The van der Waals surface area contributed by atoms with E-state index in [-0.39, 0.29) is 12.5 Å². The van der Waals surface area contributed by atoms with Crippen molar-refractivity contribution in [3.8, 4) is 0 Å². The summed E-state index contributed by atoms with van der Waals surface area (Å²) in [6, 6.07) is 7.17. The minimum atomic E-state index is -0.558. The number of hydrogen-bond acceptors (Lipinski definition) is 4. The number of ether oxygens (including phenoxy) is 1. The molecule has 1 aliphatic heterocycles. The second-order valence-corrected chi connectivity index (χ2v) is 5.61. The summed E-state index contributed by atoms with van der Waals surface area (Å²) in [7, 11) is 0. The molecule has 1 aliphatic rings. The molecule has 1 saturated heterocycles. The number of carbonyl (C=O) groups is 1. The Morgan fingerprint density at radius 1 is 1.33 bits per heavy atom. The molecule has 21 heavy (non-hydrogen) atoms. The molecule has 0 spiro atoms. The van der Waals surface area contributed by atoms with E-state index < -0.39 is 6.10 Å². The van der Waals surface area contributed by atoms with Crippen LogP contribution in [-0.4, -0.2) is 61.4 Å². The van der Waals surface area contributed by atoms with Gasteiger partial charge in [-0.15, -0.1) is 0 Å². The predicted molar refractivity (Wildman–Crippen MR) is 81.4 cm³/mol. The van der Waals surface area contributed by atoms with Crippen LogP contribution in [0.2, 0.25) is 5.02 Å². The molecule has 1 aromatic rings. The summed E-state index contributed by atoms with van der Waals surface area (Å²) < 4.78 is 5.25. The monoisotopic (exact) mass is 312 g/mol. The van der Waals surface area contributed by atoms with Crippen molar-refractivity contribution in [2.75, 3.05) is 39.4 Å². The van der Waals surface area contributed by atoms with Crippen LogP contribution in [0.1, 0.15) is 5.56 Å². The number of aliphatic hydroxyl groups excluding tert-OH is 1. The van der Waals surface area contributed by atoms with Gasteiger partial charge in [-0.05, 0) is 17.7 Å². The van der Waals surface area contributed by atoms with E-state index in [9.17, 15) is 9.90 Å². The van der Waals surface area contributed by atoms with Crippen molar-refractivity contribution in [3.05, 3.63) is 34.9 Å². The average molecular weight is 313 g/mol. The molecule has 1 amide bonds. The molecule has 0 aromatic heterocycles. The lowest BCUT2D eigenvalue weighted by Gasteiger charge is -2.28. The molecule has 0 bridgehead atoms. The summed E-state index contributed by atoms with van der Waals surface area (Å²) in [5, 5.41) is 13.3. The Bertz CT molecular complexity index is 447. The van der Waals surface area contributed by atoms with Gasteiger partial charge in [0.2, 0.25) is 5.91 Å². The van der Waals surface area contributed by atoms with E-state index in [0.29, 0.717) is 31.2 Å². The Balaban J connectivity index is 1.66. The molecule has 1 aromatic carbocycles. The number of β-amino-alcohol motifs (C(OH)–C–C–N with tert-alkyl or cyclic N) is 1. The lowest BCUT2D eigenvalue weighted by Crippen LogP contribution is -2.44. The average Bonchev–Trinajstić information content (AvgIpc) is 2.49. The van der Waals surface area contributed by atoms with Gasteiger partial charge in [-0.3, -0.25) is 9.69 Å². The van der Waals surface area contributed by atoms with E-state index in [2.05, 4.69) is 10.2 Å². The molecule has 0 aliphatic carbocycles. The van der Waals surface area contributed by atoms with Crippen molar-refractivity contribution in [1.29, 1.82) is 0 Å². The predicted octanol–water partition coefficient (Wildman–Crippen LogP) is 0.692. The second-order valence-electron chi connectivity index (χ2n) is 5.17. The fourth-order valence-corrected chi connectivity index (χ4v) is 2.35. The SMILES string of the molecule is O=C(Cc1ccc(Cl)cc1)NCC(O)CN1CCOCC1. The first-order valence-electron chi connectivity index (χ1n) is 7.13. The summed E-state index contributed by atoms with van der Waals surface area (Å²) in [5.41, 5.74) is 0.902. The van der Waals surface area contributed by atoms with Crippen molar-refractivity contribution in [2.24, 2.45) is 0 Å². The first kappa shape index (κ1) is 16.2. The molecule has 0 saturated carbocycles. The molecule has 116 valence electrons. The van der Waals surface area contributed by atoms with Crippen LogP contribution in [0.5, 0.6) is 0 Å². The maximum absolute atomic E-state index is 11.8. The van der Waals surface area contributed by atoms with Crippen LogP contribution in [0.3, 0.4) is 0 Å². The van der Waals surface area contributed by atoms with E-state index >= 15 is 0 Å². The summed E-state index contributed by atoms with van der Waals surface area (Å²) in [6.07, 6.45) is -0.265. The smallest absolute Gasteiger partial charge is 0.224 e. The van der Waals surface area contributed by atoms with Crippen molar-refractivity contribution in [2.45, 2.75) is 12.5 Å². The number of nitrogens with one attached hydrogen (secondary N) is 1. The number of halogens is 1. The molecule has 2 N–H and O–H groups in total. The van der Waals surface area contributed by atoms with Gasteiger partial charge in [0, 0.05) is 31.2 Å². The van der Waals surface area contributed by atoms with Crippen LogP contribution in [0.25, 0.3) is 0 Å². The maximum atomic E-state index is 11.8. The minimum absolute atomic E-state index is 0.0988. The summed E-state index contributed by atoms with van der Waals surface area (Å²) >= 11 is 5.80. The van der Waals surface area contributed by atoms with E-state index in [1.54, 1.807) is 12.1 Å². The third-order valence-electron chi connectivity index (χ3n) is 3.39. The van der Waals surface area contributed by atoms with Gasteiger partial charge in [0.15, 0.2) is 0 Å². The van der Waals surface area contributed by atoms with Gasteiger partial charge >= 0.3 is 0 Å². The Morgan fingerprint density at radius 3 is 2.67 bits per heavy atom. The highest BCUT2D eigenvalue weighted by atomic mass is 35.5. The van der Waals surface area contributed by atoms with Gasteiger partial charge in [-0.25, -0.2) is 0 Å². The highest BCUT2D eigenvalue weighted by molar-refractivity contribution is 6.30. The van der Waals surface area contributed by atoms with Crippen molar-refractivity contribution >= 4 is 17.5 Å². The number of nitrogens with zero attached hydrogens (tertiary/aromatic N) is 1. The Labute approximate surface area is 129 Å². The lowest BCUT2D eigenvalue weighted by molar-refractivity contribution is -0.121. The summed E-state index contributed by atoms with van der Waals surface area (Å²) in [5.74, 6) is -0.0988. The molecular formula is C15H21ClN2O3. The fraction of sp³-hybridized carbons (Fsp3) is 0.533. The first-order valence-corrected chi connectivity index (χ1v) is 7.50. The van der Waals surface area contributed by atoms with Crippen LogP contribution < -0.4 is 5.32 Å². The van der Waals surface area contributed by atoms with Crippen LogP contribution in [-0.2, 0) is 16.0 Å². The van der Waals surface area contributed by atoms with E-state index in [0.717, 1.165) is 18.7 Å². The van der Waals surface area contributed by atoms with Crippen LogP contribution in [0, 0.1) is 0 Å². The quantitative estimate of drug-likeness (QED) is 0.811. The highest BCUT2D eigenvalue weighted by Crippen LogP contribution is 2.09. The highest BCUT2D eigenvalue weighted by Gasteiger charge is 2.15. The zero-order valence-electron chi connectivity index (χ0n) is 11.9. The van der Waals surface area contributed by atoms with Crippen LogP contribution in [0.15, 0.2) is 24.3 Å². The molecule has 1 unspecified atom stereocenters. The van der Waals surface area contributed by atoms with E-state index in [4.69, 9.17) is 16.3 Å². The number of morpholine rings is 1. The van der Waals surface area contributed by atoms with Crippen LogP contribution in [0.4, 0.5) is 0 Å². The number of aliphatic hydroxyl groups is 1. The molecule has 0 radical (unpaired) electrons. The Morgan fingerprint density at radius 2 is 2.00 bits per heavy atom. The molecule has 2 rings (SSSR count). The third-order valence-corrected chi connectivity index (χ3v) is 3.64. The standard InChI is InChI=1S/C15H21ClN2O3/c16-13-3-1-12(2-4-13)9-15(20)17-10-14(19)11-18-5-7-21-8-6-18/h1-4,14,19H,5-11H2,(H,17,20). The van der Waals surface area contributed by atoms with Crippen molar-refractivity contribution in [1.82, 2.24) is 10.2 Å². The van der Waals surface area contributed by atoms with Gasteiger partial charge in [-0.1, -0.05) is 23.7 Å². The Hall–Kier alpha value is -1.14. The van der Waals surface area contributed by atoms with Crippen molar-refractivity contribution < 1.29 is 14.6 Å². The Kier molecular flexibility index (Phi) is 6.45. The first-order chi connectivity index (χ1) is 10.1. The van der Waals surface area contributed by atoms with Gasteiger partial charge in [0.1, 0.15) is 0 Å². The molecule has 1 atom stereocenters. The van der Waals surface area contributed by atoms with Gasteiger partial charge in [-0.2, -0.15) is 0 Å². The summed E-state index contributed by atoms with van der Waals surface area (Å²) in [4.78, 5) is 13.9. The topological polar surface area (TPSA) is 61.8 Å². The zero-order chi connectivity index (χ0) is 15.1. The van der Waals surface area contributed by atoms with Gasteiger partial charge in [0.25, 0.3) is 0 Å². The van der Waals surface area contributed by atoms with Crippen molar-refractivity contribution in [3.63, 3.8) is 0 Å². The normalized spacial score (nSPS) is 17.4. The summed E-state index contributed by atoms with van der Waals surface area (Å²) in [6.45, 7) is 3.89. The number of carbonyl (C=O) groups excluding carboxylic acids is 1. The maximum Gasteiger partial charge on any atom is 0.224 e. The van der Waals surface area contributed by atoms with Gasteiger partial charge < -0.3 is 15.2 Å². The van der Waals surface area contributed by atoms with E-state index in [1.165, 1.54) is 0 Å². The zero-order valence-corrected chi connectivity index (χ0v) is 12.7. The molecule has 1 heterocycles. The molecular weight excluding hydrogens is 292 g/mol. The largest absolute Gasteiger partial charge is 0.390 e. The number of rotatable bonds is 6. The van der Waals surface area contributed by atoms with Crippen LogP contribution >= 0.6 is 11.6 Å². The van der Waals surface area contributed by atoms with Gasteiger partial charge in [0.05, 0.1) is 25.7 Å². The molecule has 1 fully saturated rings. The second kappa shape index (κ2) is 8.34. The number of amides is 1. The number of benzene rings is 1. The molecule has 6 heteroatoms. The third kappa shape index (κ3) is 6.01. The van der Waals surface area contributed by atoms with E-state index in [1.807, 2.05) is 12.1 Å².